The van der Waals surface area contributed by atoms with Gasteiger partial charge in [0.1, 0.15) is 4.90 Å². The topological polar surface area (TPSA) is 78.1 Å². The number of H-pyrrole nitrogens is 1. The van der Waals surface area contributed by atoms with E-state index >= 15 is 0 Å². The molecule has 0 atom stereocenters. The fourth-order valence-corrected chi connectivity index (χ4v) is 4.14. The molecule has 7 heteroatoms. The Kier molecular flexibility index (Phi) is 4.82. The summed E-state index contributed by atoms with van der Waals surface area (Å²) in [5.74, 6) is 0.536. The van der Waals surface area contributed by atoms with Crippen molar-refractivity contribution in [2.24, 2.45) is 5.92 Å². The summed E-state index contributed by atoms with van der Waals surface area (Å²) in [5.41, 5.74) is 1.20. The maximum Gasteiger partial charge on any atom is 0.246 e. The number of aromatic nitrogens is 2. The number of hydrogen-bond donors (Lipinski definition) is 2. The van der Waals surface area contributed by atoms with Crippen LogP contribution in [0.2, 0.25) is 0 Å². The van der Waals surface area contributed by atoms with Gasteiger partial charge in [-0.15, -0.1) is 0 Å². The van der Waals surface area contributed by atoms with Crippen LogP contribution in [-0.4, -0.2) is 42.6 Å². The SMILES string of the molecule is CCNCc1n[nH]c(C)c1S(=O)(=O)N(CC)CC1CC1. The highest BCUT2D eigenvalue weighted by molar-refractivity contribution is 7.89. The summed E-state index contributed by atoms with van der Waals surface area (Å²) in [6.45, 7) is 8.02. The number of nitrogens with zero attached hydrogens (tertiary/aromatic N) is 2. The van der Waals surface area contributed by atoms with Gasteiger partial charge in [-0.1, -0.05) is 13.8 Å². The van der Waals surface area contributed by atoms with Crippen LogP contribution in [-0.2, 0) is 16.6 Å². The molecule has 0 unspecified atom stereocenters. The molecule has 0 radical (unpaired) electrons. The second kappa shape index (κ2) is 6.24. The molecule has 0 aliphatic heterocycles. The van der Waals surface area contributed by atoms with Gasteiger partial charge in [0.2, 0.25) is 10.0 Å². The molecule has 1 aromatic rings. The Labute approximate surface area is 121 Å². The first-order valence-corrected chi connectivity index (χ1v) is 8.69. The Morgan fingerprint density at radius 2 is 2.10 bits per heavy atom. The summed E-state index contributed by atoms with van der Waals surface area (Å²) in [6.07, 6.45) is 2.28. The average Bonchev–Trinajstić information content (AvgIpc) is 3.15. The molecule has 0 bridgehead atoms. The second-order valence-corrected chi connectivity index (χ2v) is 7.18. The van der Waals surface area contributed by atoms with Crippen LogP contribution in [0, 0.1) is 12.8 Å². The van der Waals surface area contributed by atoms with E-state index in [0.717, 1.165) is 19.4 Å². The van der Waals surface area contributed by atoms with E-state index in [2.05, 4.69) is 15.5 Å². The minimum atomic E-state index is -3.46. The fourth-order valence-electron chi connectivity index (χ4n) is 2.29. The van der Waals surface area contributed by atoms with Gasteiger partial charge < -0.3 is 5.32 Å². The third-order valence-electron chi connectivity index (χ3n) is 3.61. The van der Waals surface area contributed by atoms with E-state index in [1.54, 1.807) is 11.2 Å². The van der Waals surface area contributed by atoms with Crippen molar-refractivity contribution in [3.63, 3.8) is 0 Å². The highest BCUT2D eigenvalue weighted by Crippen LogP contribution is 2.32. The van der Waals surface area contributed by atoms with E-state index in [0.29, 0.717) is 41.8 Å². The van der Waals surface area contributed by atoms with Crippen molar-refractivity contribution in [3.8, 4) is 0 Å². The minimum Gasteiger partial charge on any atom is -0.311 e. The third kappa shape index (κ3) is 3.21. The Hall–Kier alpha value is -0.920. The summed E-state index contributed by atoms with van der Waals surface area (Å²) >= 11 is 0. The van der Waals surface area contributed by atoms with Crippen molar-refractivity contribution in [1.82, 2.24) is 19.8 Å². The van der Waals surface area contributed by atoms with E-state index in [4.69, 9.17) is 0 Å². The standard InChI is InChI=1S/C13H24N4O2S/c1-4-14-8-12-13(10(3)15-16-12)20(18,19)17(5-2)9-11-6-7-11/h11,14H,4-9H2,1-3H3,(H,15,16). The van der Waals surface area contributed by atoms with E-state index in [1.807, 2.05) is 13.8 Å². The van der Waals surface area contributed by atoms with Gasteiger partial charge in [0.25, 0.3) is 0 Å². The van der Waals surface area contributed by atoms with Gasteiger partial charge >= 0.3 is 0 Å². The lowest BCUT2D eigenvalue weighted by Gasteiger charge is -2.20. The fraction of sp³-hybridized carbons (Fsp3) is 0.769. The second-order valence-electron chi connectivity index (χ2n) is 5.30. The number of hydrogen-bond acceptors (Lipinski definition) is 4. The molecule has 0 amide bonds. The molecule has 1 aliphatic rings. The van der Waals surface area contributed by atoms with E-state index < -0.39 is 10.0 Å². The van der Waals surface area contributed by atoms with E-state index in [9.17, 15) is 8.42 Å². The van der Waals surface area contributed by atoms with Crippen LogP contribution >= 0.6 is 0 Å². The summed E-state index contributed by atoms with van der Waals surface area (Å²) in [5, 5.41) is 10.1. The first-order valence-electron chi connectivity index (χ1n) is 7.25. The molecule has 1 aromatic heterocycles. The molecule has 1 fully saturated rings. The van der Waals surface area contributed by atoms with Gasteiger partial charge in [-0.25, -0.2) is 8.42 Å². The van der Waals surface area contributed by atoms with Gasteiger partial charge in [0, 0.05) is 19.6 Å². The van der Waals surface area contributed by atoms with Gasteiger partial charge in [-0.2, -0.15) is 9.40 Å². The predicted molar refractivity (Wildman–Crippen MR) is 77.9 cm³/mol. The van der Waals surface area contributed by atoms with Crippen molar-refractivity contribution >= 4 is 10.0 Å². The summed E-state index contributed by atoms with van der Waals surface area (Å²) in [4.78, 5) is 0.348. The van der Waals surface area contributed by atoms with Crippen molar-refractivity contribution in [2.45, 2.75) is 45.1 Å². The van der Waals surface area contributed by atoms with Crippen molar-refractivity contribution in [3.05, 3.63) is 11.4 Å². The smallest absolute Gasteiger partial charge is 0.246 e. The summed E-state index contributed by atoms with van der Waals surface area (Å²) in [7, 11) is -3.46. The largest absolute Gasteiger partial charge is 0.311 e. The zero-order valence-corrected chi connectivity index (χ0v) is 13.3. The van der Waals surface area contributed by atoms with Gasteiger partial charge in [-0.3, -0.25) is 5.10 Å². The molecule has 1 heterocycles. The number of nitrogens with one attached hydrogen (secondary N) is 2. The van der Waals surface area contributed by atoms with Gasteiger partial charge in [0.05, 0.1) is 11.4 Å². The molecular formula is C13H24N4O2S. The lowest BCUT2D eigenvalue weighted by molar-refractivity contribution is 0.411. The van der Waals surface area contributed by atoms with Gasteiger partial charge in [0.15, 0.2) is 0 Å². The Morgan fingerprint density at radius 1 is 1.40 bits per heavy atom. The zero-order chi connectivity index (χ0) is 14.8. The summed E-state index contributed by atoms with van der Waals surface area (Å²) in [6, 6.07) is 0. The number of rotatable bonds is 8. The van der Waals surface area contributed by atoms with Crippen LogP contribution in [0.3, 0.4) is 0 Å². The van der Waals surface area contributed by atoms with Crippen molar-refractivity contribution in [2.75, 3.05) is 19.6 Å². The molecule has 1 saturated carbocycles. The molecule has 20 heavy (non-hydrogen) atoms. The normalized spacial score (nSPS) is 16.0. The monoisotopic (exact) mass is 300 g/mol. The molecule has 1 aliphatic carbocycles. The number of aryl methyl sites for hydroxylation is 1. The Bertz CT molecular complexity index is 549. The molecular weight excluding hydrogens is 276 g/mol. The van der Waals surface area contributed by atoms with Crippen LogP contribution in [0.5, 0.6) is 0 Å². The lowest BCUT2D eigenvalue weighted by atomic mass is 10.3. The van der Waals surface area contributed by atoms with E-state index in [-0.39, 0.29) is 0 Å². The van der Waals surface area contributed by atoms with E-state index in [1.165, 1.54) is 0 Å². The molecule has 2 rings (SSSR count). The molecule has 6 nitrogen and oxygen atoms in total. The minimum absolute atomic E-state index is 0.348. The first kappa shape index (κ1) is 15.5. The molecule has 0 saturated heterocycles. The van der Waals surface area contributed by atoms with Crippen LogP contribution in [0.4, 0.5) is 0 Å². The summed E-state index contributed by atoms with van der Waals surface area (Å²) < 4.78 is 27.2. The molecule has 0 aromatic carbocycles. The maximum atomic E-state index is 12.8. The first-order chi connectivity index (χ1) is 9.50. The molecule has 0 spiro atoms. The predicted octanol–water partition coefficient (Wildman–Crippen LogP) is 1.25. The zero-order valence-electron chi connectivity index (χ0n) is 12.4. The quantitative estimate of drug-likeness (QED) is 0.757. The Morgan fingerprint density at radius 3 is 2.65 bits per heavy atom. The maximum absolute atomic E-state index is 12.8. The number of sulfonamides is 1. The van der Waals surface area contributed by atoms with Crippen molar-refractivity contribution in [1.29, 1.82) is 0 Å². The molecule has 114 valence electrons. The highest BCUT2D eigenvalue weighted by atomic mass is 32.2. The van der Waals surface area contributed by atoms with Crippen molar-refractivity contribution < 1.29 is 8.42 Å². The third-order valence-corrected chi connectivity index (χ3v) is 5.76. The van der Waals surface area contributed by atoms with Crippen LogP contribution in [0.15, 0.2) is 4.90 Å². The highest BCUT2D eigenvalue weighted by Gasteiger charge is 2.34. The lowest BCUT2D eigenvalue weighted by Crippen LogP contribution is -2.33. The van der Waals surface area contributed by atoms with Crippen LogP contribution in [0.25, 0.3) is 0 Å². The van der Waals surface area contributed by atoms with Crippen LogP contribution < -0.4 is 5.32 Å². The van der Waals surface area contributed by atoms with Crippen LogP contribution in [0.1, 0.15) is 38.1 Å². The average molecular weight is 300 g/mol. The Balaban J connectivity index is 2.28. The van der Waals surface area contributed by atoms with Gasteiger partial charge in [-0.05, 0) is 32.2 Å². The number of aromatic amines is 1. The molecule has 2 N–H and O–H groups in total.